The molecule has 3 aromatic rings. The number of hydrogen-bond donors (Lipinski definition) is 1. The van der Waals surface area contributed by atoms with E-state index in [9.17, 15) is 0 Å². The van der Waals surface area contributed by atoms with Gasteiger partial charge in [-0.1, -0.05) is 13.8 Å². The van der Waals surface area contributed by atoms with E-state index in [2.05, 4.69) is 71.7 Å². The number of aromatic nitrogens is 2. The van der Waals surface area contributed by atoms with Gasteiger partial charge in [-0.2, -0.15) is 0 Å². The van der Waals surface area contributed by atoms with E-state index in [0.29, 0.717) is 5.92 Å². The van der Waals surface area contributed by atoms with Crippen molar-refractivity contribution >= 4 is 10.9 Å². The van der Waals surface area contributed by atoms with Crippen molar-refractivity contribution in [2.45, 2.75) is 84.3 Å². The van der Waals surface area contributed by atoms with Crippen LogP contribution in [0.2, 0.25) is 0 Å². The van der Waals surface area contributed by atoms with E-state index in [-0.39, 0.29) is 0 Å². The zero-order valence-corrected chi connectivity index (χ0v) is 20.7. The lowest BCUT2D eigenvalue weighted by Crippen LogP contribution is -2.47. The summed E-state index contributed by atoms with van der Waals surface area (Å²) in [6, 6.07) is 11.1. The van der Waals surface area contributed by atoms with Gasteiger partial charge in [0.25, 0.3) is 0 Å². The topological polar surface area (TPSA) is 35.2 Å². The summed E-state index contributed by atoms with van der Waals surface area (Å²) < 4.78 is 0. The van der Waals surface area contributed by atoms with Crippen molar-refractivity contribution in [3.05, 3.63) is 52.3 Å². The van der Waals surface area contributed by atoms with Crippen LogP contribution in [-0.2, 0) is 13.0 Å². The first kappa shape index (κ1) is 21.4. The number of piperidine rings is 1. The molecule has 2 aromatic heterocycles. The number of hydrogen-bond acceptors (Lipinski definition) is 3. The van der Waals surface area contributed by atoms with Crippen LogP contribution in [0.5, 0.6) is 0 Å². The minimum absolute atomic E-state index is 0.465. The van der Waals surface area contributed by atoms with Crippen molar-refractivity contribution in [3.63, 3.8) is 0 Å². The zero-order valence-electron chi connectivity index (χ0n) is 20.7. The highest BCUT2D eigenvalue weighted by molar-refractivity contribution is 5.92. The molecule has 1 N–H and O–H groups in total. The number of rotatable bonds is 4. The van der Waals surface area contributed by atoms with E-state index < -0.39 is 0 Å². The molecular formula is C29H38N4. The van der Waals surface area contributed by atoms with Gasteiger partial charge in [-0.3, -0.25) is 9.88 Å². The van der Waals surface area contributed by atoms with E-state index in [0.717, 1.165) is 30.0 Å². The summed E-state index contributed by atoms with van der Waals surface area (Å²) in [4.78, 5) is 13.9. The number of likely N-dealkylation sites (tertiary alicyclic amines) is 1. The van der Waals surface area contributed by atoms with Crippen LogP contribution in [0.4, 0.5) is 0 Å². The van der Waals surface area contributed by atoms with E-state index in [4.69, 9.17) is 0 Å². The molecule has 0 spiro atoms. The van der Waals surface area contributed by atoms with Gasteiger partial charge in [-0.15, -0.1) is 0 Å². The van der Waals surface area contributed by atoms with Crippen molar-refractivity contribution in [3.8, 4) is 11.3 Å². The number of pyridine rings is 1. The molecule has 3 aliphatic rings. The lowest BCUT2D eigenvalue weighted by molar-refractivity contribution is 0.0947. The number of benzene rings is 1. The molecule has 2 aliphatic heterocycles. The summed E-state index contributed by atoms with van der Waals surface area (Å²) in [6.45, 7) is 13.8. The average Bonchev–Trinajstić information content (AvgIpc) is 3.57. The Labute approximate surface area is 198 Å². The summed E-state index contributed by atoms with van der Waals surface area (Å²) in [7, 11) is 0. The Morgan fingerprint density at radius 1 is 0.848 bits per heavy atom. The average molecular weight is 443 g/mol. The van der Waals surface area contributed by atoms with Crippen LogP contribution in [0.1, 0.15) is 73.5 Å². The zero-order chi connectivity index (χ0) is 22.7. The summed E-state index contributed by atoms with van der Waals surface area (Å²) in [6.07, 6.45) is 6.74. The Morgan fingerprint density at radius 3 is 2.21 bits per heavy atom. The molecule has 1 saturated heterocycles. The molecule has 4 nitrogen and oxygen atoms in total. The number of nitrogens with one attached hydrogen (secondary N) is 1. The molecule has 0 bridgehead atoms. The van der Waals surface area contributed by atoms with Gasteiger partial charge in [-0.05, 0) is 106 Å². The minimum atomic E-state index is 0.465. The molecule has 6 rings (SSSR count). The molecule has 2 fully saturated rings. The molecular weight excluding hydrogens is 404 g/mol. The standard InChI is InChI=1S/C29H38N4/c1-18(2)28-26-15-23-17-33(25-8-11-32(12-9-25)24-5-6-24)10-7-21(23)16-27(26)31-29(28)22-13-19(3)30-20(4)14-22/h13-16,18,24-25,31H,5-12,17H2,1-4H3. The smallest absolute Gasteiger partial charge is 0.0501 e. The van der Waals surface area contributed by atoms with Gasteiger partial charge in [-0.25, -0.2) is 0 Å². The van der Waals surface area contributed by atoms with Gasteiger partial charge >= 0.3 is 0 Å². The second-order valence-electron chi connectivity index (χ2n) is 11.1. The second kappa shape index (κ2) is 8.25. The van der Waals surface area contributed by atoms with Gasteiger partial charge in [0.2, 0.25) is 0 Å². The Hall–Kier alpha value is -2.17. The van der Waals surface area contributed by atoms with Crippen molar-refractivity contribution in [2.24, 2.45) is 0 Å². The maximum Gasteiger partial charge on any atom is 0.0501 e. The maximum atomic E-state index is 4.60. The molecule has 174 valence electrons. The quantitative estimate of drug-likeness (QED) is 0.542. The van der Waals surface area contributed by atoms with Gasteiger partial charge in [0, 0.05) is 53.0 Å². The molecule has 0 atom stereocenters. The summed E-state index contributed by atoms with van der Waals surface area (Å²) in [5.74, 6) is 0.465. The normalized spacial score (nSPS) is 20.6. The minimum Gasteiger partial charge on any atom is -0.354 e. The van der Waals surface area contributed by atoms with Crippen molar-refractivity contribution in [1.82, 2.24) is 19.8 Å². The maximum absolute atomic E-state index is 4.60. The Kier molecular flexibility index (Phi) is 5.34. The van der Waals surface area contributed by atoms with E-state index >= 15 is 0 Å². The van der Waals surface area contributed by atoms with Crippen LogP contribution in [0.15, 0.2) is 24.3 Å². The van der Waals surface area contributed by atoms with Crippen LogP contribution in [-0.4, -0.2) is 51.5 Å². The largest absolute Gasteiger partial charge is 0.354 e. The van der Waals surface area contributed by atoms with E-state index in [1.807, 2.05) is 0 Å². The predicted octanol–water partition coefficient (Wildman–Crippen LogP) is 5.96. The van der Waals surface area contributed by atoms with Gasteiger partial charge in [0.1, 0.15) is 0 Å². The highest BCUT2D eigenvalue weighted by Crippen LogP contribution is 2.39. The fourth-order valence-corrected chi connectivity index (χ4v) is 6.47. The molecule has 0 radical (unpaired) electrons. The fraction of sp³-hybridized carbons (Fsp3) is 0.552. The Bertz CT molecular complexity index is 1160. The third-order valence-electron chi connectivity index (χ3n) is 8.23. The second-order valence-corrected chi connectivity index (χ2v) is 11.1. The number of fused-ring (bicyclic) bond motifs is 2. The van der Waals surface area contributed by atoms with E-state index in [1.165, 1.54) is 79.5 Å². The molecule has 4 heterocycles. The molecule has 0 unspecified atom stereocenters. The molecule has 1 aromatic carbocycles. The lowest BCUT2D eigenvalue weighted by Gasteiger charge is -2.41. The molecule has 1 saturated carbocycles. The highest BCUT2D eigenvalue weighted by Gasteiger charge is 2.34. The fourth-order valence-electron chi connectivity index (χ4n) is 6.47. The Balaban J connectivity index is 1.32. The number of aryl methyl sites for hydroxylation is 2. The van der Waals surface area contributed by atoms with Gasteiger partial charge in [0.05, 0.1) is 5.69 Å². The predicted molar refractivity (Wildman–Crippen MR) is 137 cm³/mol. The first-order valence-electron chi connectivity index (χ1n) is 13.1. The first-order valence-corrected chi connectivity index (χ1v) is 13.1. The lowest BCUT2D eigenvalue weighted by atomic mass is 9.91. The molecule has 1 aliphatic carbocycles. The summed E-state index contributed by atoms with van der Waals surface area (Å²) in [5.41, 5.74) is 10.6. The SMILES string of the molecule is Cc1cc(-c2[nH]c3cc4c(cc3c2C(C)C)CN(C2CCN(C3CC3)CC2)CC4)cc(C)n1. The van der Waals surface area contributed by atoms with Crippen molar-refractivity contribution in [1.29, 1.82) is 0 Å². The van der Waals surface area contributed by atoms with Crippen LogP contribution < -0.4 is 0 Å². The molecule has 33 heavy (non-hydrogen) atoms. The van der Waals surface area contributed by atoms with Crippen molar-refractivity contribution in [2.75, 3.05) is 19.6 Å². The number of nitrogens with zero attached hydrogens (tertiary/aromatic N) is 3. The van der Waals surface area contributed by atoms with Crippen LogP contribution >= 0.6 is 0 Å². The molecule has 4 heteroatoms. The van der Waals surface area contributed by atoms with Crippen LogP contribution in [0, 0.1) is 13.8 Å². The first-order chi connectivity index (χ1) is 16.0. The highest BCUT2D eigenvalue weighted by atomic mass is 15.2. The van der Waals surface area contributed by atoms with Crippen LogP contribution in [0.25, 0.3) is 22.2 Å². The van der Waals surface area contributed by atoms with Crippen LogP contribution in [0.3, 0.4) is 0 Å². The van der Waals surface area contributed by atoms with Crippen molar-refractivity contribution < 1.29 is 0 Å². The van der Waals surface area contributed by atoms with Gasteiger partial charge < -0.3 is 9.88 Å². The van der Waals surface area contributed by atoms with Gasteiger partial charge in [0.15, 0.2) is 0 Å². The third-order valence-corrected chi connectivity index (χ3v) is 8.23. The third kappa shape index (κ3) is 4.02. The summed E-state index contributed by atoms with van der Waals surface area (Å²) >= 11 is 0. The number of aromatic amines is 1. The summed E-state index contributed by atoms with van der Waals surface area (Å²) in [5, 5.41) is 1.41. The number of H-pyrrole nitrogens is 1. The Morgan fingerprint density at radius 2 is 1.55 bits per heavy atom. The monoisotopic (exact) mass is 442 g/mol. The van der Waals surface area contributed by atoms with E-state index in [1.54, 1.807) is 11.1 Å². The molecule has 0 amide bonds.